The average Bonchev–Trinajstić information content (AvgIpc) is 1.85. The van der Waals surface area contributed by atoms with Gasteiger partial charge in [-0.1, -0.05) is 24.3 Å². The third kappa shape index (κ3) is 4.48. The highest BCUT2D eigenvalue weighted by atomic mass is 32.2. The summed E-state index contributed by atoms with van der Waals surface area (Å²) in [5.41, 5.74) is 0.933. The van der Waals surface area contributed by atoms with Crippen LogP contribution < -0.4 is 0 Å². The molecule has 12 heavy (non-hydrogen) atoms. The fraction of sp³-hybridized carbons (Fsp3) is 0.600. The van der Waals surface area contributed by atoms with Gasteiger partial charge in [0.15, 0.2) is 5.37 Å². The van der Waals surface area contributed by atoms with Crippen molar-refractivity contribution in [2.24, 2.45) is 0 Å². The van der Waals surface area contributed by atoms with Crippen molar-refractivity contribution in [1.82, 2.24) is 0 Å². The van der Waals surface area contributed by atoms with Crippen LogP contribution in [-0.2, 0) is 0 Å². The van der Waals surface area contributed by atoms with Crippen LogP contribution in [0.5, 0.6) is 0 Å². The summed E-state index contributed by atoms with van der Waals surface area (Å²) in [5.74, 6) is 6.22. The van der Waals surface area contributed by atoms with Crippen LogP contribution in [0.4, 0.5) is 0 Å². The molecule has 1 unspecified atom stereocenters. The molecule has 0 aromatic heterocycles. The first-order valence-corrected chi connectivity index (χ1v) is 5.17. The van der Waals surface area contributed by atoms with Crippen LogP contribution in [-0.4, -0.2) is 37.3 Å². The van der Waals surface area contributed by atoms with Crippen molar-refractivity contribution >= 4 is 11.8 Å². The van der Waals surface area contributed by atoms with E-state index in [2.05, 4.69) is 45.8 Å². The molecule has 0 rings (SSSR count). The zero-order valence-electron chi connectivity index (χ0n) is 8.64. The van der Waals surface area contributed by atoms with Crippen LogP contribution >= 0.6 is 11.8 Å². The van der Waals surface area contributed by atoms with E-state index >= 15 is 0 Å². The maximum absolute atomic E-state index is 3.75. The van der Waals surface area contributed by atoms with Crippen molar-refractivity contribution < 1.29 is 4.48 Å². The highest BCUT2D eigenvalue weighted by Gasteiger charge is 2.19. The Balaban J connectivity index is 4.42. The first kappa shape index (κ1) is 11.6. The number of quaternary nitrogens is 1. The molecule has 0 aliphatic carbocycles. The van der Waals surface area contributed by atoms with Gasteiger partial charge in [-0.25, -0.2) is 0 Å². The highest BCUT2D eigenvalue weighted by Crippen LogP contribution is 2.13. The van der Waals surface area contributed by atoms with E-state index in [-0.39, 0.29) is 0 Å². The number of hydrogen-bond donors (Lipinski definition) is 0. The number of thioether (sulfide) groups is 1. The minimum atomic E-state index is 0.335. The molecule has 0 bridgehead atoms. The summed E-state index contributed by atoms with van der Waals surface area (Å²) < 4.78 is 0.863. The third-order valence-electron chi connectivity index (χ3n) is 1.34. The monoisotopic (exact) mass is 184 g/mol. The Morgan fingerprint density at radius 1 is 1.42 bits per heavy atom. The van der Waals surface area contributed by atoms with Crippen LogP contribution in [0.1, 0.15) is 6.92 Å². The smallest absolute Gasteiger partial charge is 0.197 e. The van der Waals surface area contributed by atoms with Gasteiger partial charge >= 0.3 is 0 Å². The van der Waals surface area contributed by atoms with E-state index in [1.165, 1.54) is 0 Å². The summed E-state index contributed by atoms with van der Waals surface area (Å²) in [6, 6.07) is 0. The fourth-order valence-electron chi connectivity index (χ4n) is 0.754. The van der Waals surface area contributed by atoms with Crippen molar-refractivity contribution in [3.05, 3.63) is 12.2 Å². The van der Waals surface area contributed by atoms with Crippen LogP contribution in [0.3, 0.4) is 0 Å². The molecule has 0 aromatic carbocycles. The Morgan fingerprint density at radius 3 is 2.17 bits per heavy atom. The Hall–Kier alpha value is -0.390. The molecule has 2 heteroatoms. The maximum atomic E-state index is 3.75. The Morgan fingerprint density at radius 2 is 1.92 bits per heavy atom. The number of hydrogen-bond acceptors (Lipinski definition) is 1. The molecule has 0 heterocycles. The average molecular weight is 184 g/mol. The fourth-order valence-corrected chi connectivity index (χ4v) is 1.56. The van der Waals surface area contributed by atoms with Crippen LogP contribution in [0.25, 0.3) is 0 Å². The van der Waals surface area contributed by atoms with Gasteiger partial charge in [-0.15, -0.1) is 0 Å². The minimum absolute atomic E-state index is 0.335. The third-order valence-corrected chi connectivity index (χ3v) is 2.53. The molecule has 0 N–H and O–H groups in total. The Bertz CT molecular complexity index is 214. The lowest BCUT2D eigenvalue weighted by Gasteiger charge is -2.28. The van der Waals surface area contributed by atoms with E-state index in [1.807, 2.05) is 6.92 Å². The quantitative estimate of drug-likeness (QED) is 0.359. The second kappa shape index (κ2) is 4.59. The van der Waals surface area contributed by atoms with Crippen molar-refractivity contribution in [1.29, 1.82) is 0 Å². The van der Waals surface area contributed by atoms with Gasteiger partial charge in [-0.3, -0.25) is 0 Å². The molecule has 0 saturated carbocycles. The summed E-state index contributed by atoms with van der Waals surface area (Å²) in [6.07, 6.45) is 2.08. The van der Waals surface area contributed by atoms with E-state index in [0.29, 0.717) is 5.37 Å². The van der Waals surface area contributed by atoms with Gasteiger partial charge in [-0.2, -0.15) is 0 Å². The maximum Gasteiger partial charge on any atom is 0.197 e. The molecule has 0 aliphatic heterocycles. The molecule has 0 spiro atoms. The molecule has 0 fully saturated rings. The molecule has 0 saturated heterocycles. The predicted octanol–water partition coefficient (Wildman–Crippen LogP) is 1.96. The second-order valence-electron chi connectivity index (χ2n) is 3.75. The summed E-state index contributed by atoms with van der Waals surface area (Å²) >= 11 is 1.78. The largest absolute Gasteiger partial charge is 0.310 e. The molecule has 0 aromatic rings. The number of nitrogens with zero attached hydrogens (tertiary/aromatic N) is 1. The molecule has 0 radical (unpaired) electrons. The second-order valence-corrected chi connectivity index (χ2v) is 4.67. The molecule has 1 nitrogen and oxygen atoms in total. The molecule has 0 aliphatic rings. The van der Waals surface area contributed by atoms with Crippen LogP contribution in [0.15, 0.2) is 12.2 Å². The van der Waals surface area contributed by atoms with Gasteiger partial charge in [0.05, 0.1) is 21.1 Å². The standard InChI is InChI=1S/C10H18NS/c1-9(2)7-8-10(12-6)11(3,4)5/h10H,1H2,2-6H3/q+1. The molecule has 1 atom stereocenters. The SMILES string of the molecule is C=C(C)C#CC(SC)[N+](C)(C)C. The van der Waals surface area contributed by atoms with E-state index in [0.717, 1.165) is 10.1 Å². The number of rotatable bonds is 2. The van der Waals surface area contributed by atoms with E-state index in [1.54, 1.807) is 11.8 Å². The normalized spacial score (nSPS) is 13.1. The van der Waals surface area contributed by atoms with Gasteiger partial charge in [0.25, 0.3) is 0 Å². The summed E-state index contributed by atoms with van der Waals surface area (Å²) in [6.45, 7) is 5.68. The van der Waals surface area contributed by atoms with E-state index in [4.69, 9.17) is 0 Å². The first-order chi connectivity index (χ1) is 5.38. The molecule has 68 valence electrons. The van der Waals surface area contributed by atoms with E-state index in [9.17, 15) is 0 Å². The molecular formula is C10H18NS+. The molecular weight excluding hydrogens is 166 g/mol. The zero-order chi connectivity index (χ0) is 9.78. The van der Waals surface area contributed by atoms with Gasteiger partial charge in [0.1, 0.15) is 0 Å². The van der Waals surface area contributed by atoms with Crippen LogP contribution in [0.2, 0.25) is 0 Å². The minimum Gasteiger partial charge on any atom is -0.310 e. The van der Waals surface area contributed by atoms with Crippen molar-refractivity contribution in [3.8, 4) is 11.8 Å². The highest BCUT2D eigenvalue weighted by molar-refractivity contribution is 7.99. The topological polar surface area (TPSA) is 0 Å². The van der Waals surface area contributed by atoms with Gasteiger partial charge in [-0.05, 0) is 24.7 Å². The first-order valence-electron chi connectivity index (χ1n) is 3.89. The van der Waals surface area contributed by atoms with Crippen molar-refractivity contribution in [2.45, 2.75) is 12.3 Å². The van der Waals surface area contributed by atoms with Crippen molar-refractivity contribution in [3.63, 3.8) is 0 Å². The van der Waals surface area contributed by atoms with Gasteiger partial charge in [0.2, 0.25) is 0 Å². The van der Waals surface area contributed by atoms with E-state index < -0.39 is 0 Å². The summed E-state index contributed by atoms with van der Waals surface area (Å²) in [4.78, 5) is 0. The summed E-state index contributed by atoms with van der Waals surface area (Å²) in [7, 11) is 6.44. The predicted molar refractivity (Wildman–Crippen MR) is 57.9 cm³/mol. The van der Waals surface area contributed by atoms with Crippen molar-refractivity contribution in [2.75, 3.05) is 27.4 Å². The molecule has 0 amide bonds. The van der Waals surface area contributed by atoms with Crippen LogP contribution in [0, 0.1) is 11.8 Å². The lowest BCUT2D eigenvalue weighted by atomic mass is 10.3. The van der Waals surface area contributed by atoms with Gasteiger partial charge in [0, 0.05) is 0 Å². The lowest BCUT2D eigenvalue weighted by molar-refractivity contribution is -0.872. The number of allylic oxidation sites excluding steroid dienone is 1. The van der Waals surface area contributed by atoms with Gasteiger partial charge < -0.3 is 4.48 Å². The summed E-state index contributed by atoms with van der Waals surface area (Å²) in [5, 5.41) is 0.335. The Kier molecular flexibility index (Phi) is 4.44. The zero-order valence-corrected chi connectivity index (χ0v) is 9.46. The Labute approximate surface area is 80.4 Å². The lowest BCUT2D eigenvalue weighted by Crippen LogP contribution is -2.42.